The average molecular weight is 463 g/mol. The summed E-state index contributed by atoms with van der Waals surface area (Å²) >= 11 is 0. The molecule has 2 heterocycles. The molecule has 34 heavy (non-hydrogen) atoms. The maximum Gasteiger partial charge on any atom is 0.309 e. The Balaban J connectivity index is 1.19. The van der Waals surface area contributed by atoms with E-state index in [4.69, 9.17) is 14.7 Å². The van der Waals surface area contributed by atoms with Gasteiger partial charge in [0.2, 0.25) is 0 Å². The summed E-state index contributed by atoms with van der Waals surface area (Å²) in [5.74, 6) is 0.597. The molecule has 0 aromatic heterocycles. The standard InChI is InChI=1S/C28H34N2O4/c1-19-13-21(8-9-24(19)22-5-3-2-4-6-22)18-34-29-26-11-12-33-27-14-20(7-10-25(26)27)15-30-16-23(17-30)28(31)32/h7-10,13-14,22-23H,2-6,11-12,15-18H2,1H3,(H,31,32)/b29-26+. The van der Waals surface area contributed by atoms with Crippen LogP contribution in [0.1, 0.15) is 72.3 Å². The first-order valence-corrected chi connectivity index (χ1v) is 12.6. The van der Waals surface area contributed by atoms with E-state index < -0.39 is 5.97 Å². The molecule has 0 spiro atoms. The van der Waals surface area contributed by atoms with Gasteiger partial charge in [0.25, 0.3) is 0 Å². The maximum absolute atomic E-state index is 11.0. The number of rotatable bonds is 7. The lowest BCUT2D eigenvalue weighted by Gasteiger charge is -2.36. The number of benzene rings is 2. The predicted molar refractivity (Wildman–Crippen MR) is 131 cm³/mol. The lowest BCUT2D eigenvalue weighted by atomic mass is 9.82. The summed E-state index contributed by atoms with van der Waals surface area (Å²) in [5.41, 5.74) is 7.03. The van der Waals surface area contributed by atoms with Gasteiger partial charge in [0.1, 0.15) is 12.4 Å². The third-order valence-corrected chi connectivity index (χ3v) is 7.45. The minimum atomic E-state index is -0.707. The topological polar surface area (TPSA) is 71.4 Å². The van der Waals surface area contributed by atoms with Crippen molar-refractivity contribution in [2.45, 2.75) is 64.5 Å². The minimum absolute atomic E-state index is 0.239. The second-order valence-corrected chi connectivity index (χ2v) is 10.00. The van der Waals surface area contributed by atoms with Crippen LogP contribution < -0.4 is 4.74 Å². The molecule has 2 aromatic rings. The van der Waals surface area contributed by atoms with Crippen LogP contribution in [0.5, 0.6) is 5.75 Å². The number of oxime groups is 1. The highest BCUT2D eigenvalue weighted by atomic mass is 16.6. The van der Waals surface area contributed by atoms with Gasteiger partial charge in [0.05, 0.1) is 18.2 Å². The van der Waals surface area contributed by atoms with Crippen LogP contribution in [0.25, 0.3) is 0 Å². The number of ether oxygens (including phenoxy) is 1. The molecule has 3 aliphatic rings. The molecule has 6 nitrogen and oxygen atoms in total. The van der Waals surface area contributed by atoms with E-state index in [0.717, 1.165) is 41.1 Å². The van der Waals surface area contributed by atoms with Gasteiger partial charge in [-0.1, -0.05) is 48.7 Å². The van der Waals surface area contributed by atoms with E-state index >= 15 is 0 Å². The van der Waals surface area contributed by atoms with Crippen molar-refractivity contribution in [2.24, 2.45) is 11.1 Å². The molecule has 0 unspecified atom stereocenters. The van der Waals surface area contributed by atoms with Crippen LogP contribution in [0.2, 0.25) is 0 Å². The van der Waals surface area contributed by atoms with E-state index in [0.29, 0.717) is 32.2 Å². The molecule has 0 bridgehead atoms. The Kier molecular flexibility index (Phi) is 6.86. The van der Waals surface area contributed by atoms with Gasteiger partial charge in [-0.2, -0.15) is 0 Å². The molecule has 0 amide bonds. The van der Waals surface area contributed by atoms with Crippen LogP contribution in [0.3, 0.4) is 0 Å². The van der Waals surface area contributed by atoms with Crippen molar-refractivity contribution >= 4 is 11.7 Å². The molecule has 180 valence electrons. The summed E-state index contributed by atoms with van der Waals surface area (Å²) in [6, 6.07) is 12.9. The van der Waals surface area contributed by atoms with Gasteiger partial charge >= 0.3 is 5.97 Å². The minimum Gasteiger partial charge on any atom is -0.492 e. The van der Waals surface area contributed by atoms with E-state index in [9.17, 15) is 4.79 Å². The Labute approximate surface area is 201 Å². The van der Waals surface area contributed by atoms with E-state index in [1.807, 2.05) is 12.1 Å². The zero-order valence-electron chi connectivity index (χ0n) is 20.0. The third-order valence-electron chi connectivity index (χ3n) is 7.45. The van der Waals surface area contributed by atoms with Crippen LogP contribution in [0.15, 0.2) is 41.6 Å². The van der Waals surface area contributed by atoms with Crippen LogP contribution in [0.4, 0.5) is 0 Å². The molecular formula is C28H34N2O4. The van der Waals surface area contributed by atoms with Crippen molar-refractivity contribution in [3.63, 3.8) is 0 Å². The zero-order valence-corrected chi connectivity index (χ0v) is 20.0. The third kappa shape index (κ3) is 5.12. The second kappa shape index (κ2) is 10.2. The molecule has 1 saturated heterocycles. The monoisotopic (exact) mass is 462 g/mol. The fourth-order valence-electron chi connectivity index (χ4n) is 5.51. The Hall–Kier alpha value is -2.86. The van der Waals surface area contributed by atoms with Crippen molar-refractivity contribution in [1.29, 1.82) is 0 Å². The number of hydrogen-bond acceptors (Lipinski definition) is 5. The normalized spacial score (nSPS) is 20.4. The van der Waals surface area contributed by atoms with Crippen LogP contribution >= 0.6 is 0 Å². The molecule has 2 aromatic carbocycles. The fraction of sp³-hybridized carbons (Fsp3) is 0.500. The van der Waals surface area contributed by atoms with Crippen LogP contribution in [-0.2, 0) is 22.8 Å². The smallest absolute Gasteiger partial charge is 0.309 e. The lowest BCUT2D eigenvalue weighted by molar-refractivity contribution is -0.147. The zero-order chi connectivity index (χ0) is 23.5. The quantitative estimate of drug-likeness (QED) is 0.568. The second-order valence-electron chi connectivity index (χ2n) is 10.00. The number of aryl methyl sites for hydroxylation is 1. The Morgan fingerprint density at radius 1 is 1.12 bits per heavy atom. The summed E-state index contributed by atoms with van der Waals surface area (Å²) in [5, 5.41) is 13.5. The van der Waals surface area contributed by atoms with Crippen LogP contribution in [0, 0.1) is 12.8 Å². The van der Waals surface area contributed by atoms with Gasteiger partial charge in [-0.25, -0.2) is 0 Å². The average Bonchev–Trinajstić information content (AvgIpc) is 2.81. The maximum atomic E-state index is 11.0. The molecule has 5 rings (SSSR count). The number of likely N-dealkylation sites (tertiary alicyclic amines) is 1. The van der Waals surface area contributed by atoms with Gasteiger partial charge < -0.3 is 14.7 Å². The highest BCUT2D eigenvalue weighted by Crippen LogP contribution is 2.34. The van der Waals surface area contributed by atoms with Crippen molar-refractivity contribution in [2.75, 3.05) is 19.7 Å². The molecule has 1 saturated carbocycles. The van der Waals surface area contributed by atoms with Crippen molar-refractivity contribution in [1.82, 2.24) is 4.90 Å². The van der Waals surface area contributed by atoms with Crippen molar-refractivity contribution in [3.8, 4) is 5.75 Å². The fourth-order valence-corrected chi connectivity index (χ4v) is 5.51. The molecule has 0 atom stereocenters. The first-order valence-electron chi connectivity index (χ1n) is 12.6. The van der Waals surface area contributed by atoms with Gasteiger partial charge in [0, 0.05) is 31.6 Å². The SMILES string of the molecule is Cc1cc(CO/N=C2\CCOc3cc(CN4CC(C(=O)O)C4)ccc32)ccc1C1CCCCC1. The van der Waals surface area contributed by atoms with Gasteiger partial charge in [-0.3, -0.25) is 9.69 Å². The summed E-state index contributed by atoms with van der Waals surface area (Å²) in [7, 11) is 0. The number of hydrogen-bond donors (Lipinski definition) is 1. The van der Waals surface area contributed by atoms with Crippen LogP contribution in [-0.4, -0.2) is 41.4 Å². The first kappa shape index (κ1) is 22.9. The van der Waals surface area contributed by atoms with E-state index in [-0.39, 0.29) is 5.92 Å². The van der Waals surface area contributed by atoms with Gasteiger partial charge in [-0.05, 0) is 60.1 Å². The number of aliphatic carboxylic acids is 1. The number of fused-ring (bicyclic) bond motifs is 1. The highest BCUT2D eigenvalue weighted by Gasteiger charge is 2.32. The summed E-state index contributed by atoms with van der Waals surface area (Å²) < 4.78 is 5.89. The van der Waals surface area contributed by atoms with Gasteiger partial charge in [0.15, 0.2) is 0 Å². The molecule has 6 heteroatoms. The number of nitrogens with zero attached hydrogens (tertiary/aromatic N) is 2. The van der Waals surface area contributed by atoms with Gasteiger partial charge in [-0.15, -0.1) is 0 Å². The van der Waals surface area contributed by atoms with Crippen molar-refractivity contribution in [3.05, 3.63) is 64.2 Å². The molecule has 0 radical (unpaired) electrons. The lowest BCUT2D eigenvalue weighted by Crippen LogP contribution is -2.49. The first-order chi connectivity index (χ1) is 16.6. The number of carboxylic acids is 1. The van der Waals surface area contributed by atoms with E-state index in [2.05, 4.69) is 41.2 Å². The Morgan fingerprint density at radius 2 is 1.91 bits per heavy atom. The summed E-state index contributed by atoms with van der Waals surface area (Å²) in [6.07, 6.45) is 7.43. The Bertz CT molecular complexity index is 1070. The summed E-state index contributed by atoms with van der Waals surface area (Å²) in [4.78, 5) is 18.9. The van der Waals surface area contributed by atoms with Crippen molar-refractivity contribution < 1.29 is 19.5 Å². The molecule has 2 fully saturated rings. The molecule has 1 aliphatic carbocycles. The number of carbonyl (C=O) groups is 1. The predicted octanol–water partition coefficient (Wildman–Crippen LogP) is 5.26. The molecule has 2 aliphatic heterocycles. The van der Waals surface area contributed by atoms with E-state index in [1.54, 1.807) is 0 Å². The van der Waals surface area contributed by atoms with E-state index in [1.165, 1.54) is 43.2 Å². The molecular weight excluding hydrogens is 428 g/mol. The number of carboxylic acid groups (broad SMARTS) is 1. The largest absolute Gasteiger partial charge is 0.492 e. The molecule has 1 N–H and O–H groups in total. The highest BCUT2D eigenvalue weighted by molar-refractivity contribution is 6.03. The Morgan fingerprint density at radius 3 is 2.68 bits per heavy atom. The summed E-state index contributed by atoms with van der Waals surface area (Å²) in [6.45, 7) is 5.21.